The molecule has 0 N–H and O–H groups in total. The van der Waals surface area contributed by atoms with Crippen LogP contribution in [0.4, 0.5) is 13.2 Å². The largest absolute Gasteiger partial charge is 0.392 e. The Morgan fingerprint density at radius 1 is 1.50 bits per heavy atom. The fraction of sp³-hybridized carbons (Fsp3) is 0.818. The first kappa shape index (κ1) is 10.1. The van der Waals surface area contributed by atoms with Crippen LogP contribution in [0.25, 0.3) is 0 Å². The Labute approximate surface area is 82.2 Å². The van der Waals surface area contributed by atoms with Crippen LogP contribution in [-0.2, 0) is 0 Å². The number of hydrogen-bond acceptors (Lipinski definition) is 0. The molecule has 3 atom stereocenters. The molecule has 2 bridgehead atoms. The summed E-state index contributed by atoms with van der Waals surface area (Å²) in [6.07, 6.45) is 2.40. The van der Waals surface area contributed by atoms with E-state index in [-0.39, 0.29) is 6.42 Å². The molecule has 0 aliphatic heterocycles. The van der Waals surface area contributed by atoms with Crippen LogP contribution in [0, 0.1) is 17.3 Å². The summed E-state index contributed by atoms with van der Waals surface area (Å²) in [7, 11) is 0. The second-order valence-electron chi connectivity index (χ2n) is 4.60. The lowest BCUT2D eigenvalue weighted by Crippen LogP contribution is -2.36. The molecule has 1 saturated carbocycles. The zero-order valence-electron chi connectivity index (χ0n) is 8.27. The lowest BCUT2D eigenvalue weighted by atomic mass is 9.73. The number of halogens is 3. The highest BCUT2D eigenvalue weighted by Crippen LogP contribution is 2.58. The van der Waals surface area contributed by atoms with E-state index in [1.165, 1.54) is 0 Å². The smallest absolute Gasteiger partial charge is 0.171 e. The first-order chi connectivity index (χ1) is 6.48. The molecule has 0 heterocycles. The van der Waals surface area contributed by atoms with E-state index < -0.39 is 17.5 Å². The van der Waals surface area contributed by atoms with Gasteiger partial charge in [-0.25, -0.2) is 0 Å². The minimum atomic E-state index is -4.03. The maximum Gasteiger partial charge on any atom is 0.392 e. The van der Waals surface area contributed by atoms with Crippen molar-refractivity contribution < 1.29 is 13.2 Å². The average molecular weight is 204 g/mol. The number of rotatable bonds is 2. The summed E-state index contributed by atoms with van der Waals surface area (Å²) < 4.78 is 38.4. The van der Waals surface area contributed by atoms with E-state index in [2.05, 4.69) is 0 Å². The molecule has 0 saturated heterocycles. The molecule has 0 radical (unpaired) electrons. The molecular formula is C11H15F3. The van der Waals surface area contributed by atoms with Crippen LogP contribution in [0.1, 0.15) is 32.6 Å². The maximum atomic E-state index is 12.8. The van der Waals surface area contributed by atoms with Crippen LogP contribution in [0.5, 0.6) is 0 Å². The van der Waals surface area contributed by atoms with Crippen molar-refractivity contribution in [2.24, 2.45) is 17.3 Å². The standard InChI is InChI=1S/C11H15F3/c1-2-9(11(12,13)14)10-5-3-8(7-10)4-6-10/h3,5,8-9H,2,4,6-7H2,1H3. The third-order valence-electron chi connectivity index (χ3n) is 3.82. The van der Waals surface area contributed by atoms with Crippen molar-refractivity contribution in [3.8, 4) is 0 Å². The molecule has 2 aliphatic rings. The molecule has 1 fully saturated rings. The number of hydrogen-bond donors (Lipinski definition) is 0. The Morgan fingerprint density at radius 2 is 2.21 bits per heavy atom. The number of fused-ring (bicyclic) bond motifs is 2. The SMILES string of the molecule is CCC(C(F)(F)F)C12C=CC(CC1)C2. The van der Waals surface area contributed by atoms with Crippen LogP contribution in [-0.4, -0.2) is 6.18 Å². The highest BCUT2D eigenvalue weighted by Gasteiger charge is 2.55. The highest BCUT2D eigenvalue weighted by molar-refractivity contribution is 5.18. The Morgan fingerprint density at radius 3 is 2.50 bits per heavy atom. The molecule has 0 aromatic rings. The molecule has 0 spiro atoms. The minimum Gasteiger partial charge on any atom is -0.171 e. The molecule has 0 aromatic heterocycles. The predicted molar refractivity (Wildman–Crippen MR) is 48.8 cm³/mol. The van der Waals surface area contributed by atoms with Gasteiger partial charge in [0.15, 0.2) is 0 Å². The normalized spacial score (nSPS) is 37.9. The molecular weight excluding hydrogens is 189 g/mol. The fourth-order valence-electron chi connectivity index (χ4n) is 3.19. The Balaban J connectivity index is 2.24. The second-order valence-corrected chi connectivity index (χ2v) is 4.60. The summed E-state index contributed by atoms with van der Waals surface area (Å²) in [5, 5.41) is 0. The number of alkyl halides is 3. The van der Waals surface area contributed by atoms with Crippen molar-refractivity contribution in [2.75, 3.05) is 0 Å². The molecule has 0 aromatic carbocycles. The van der Waals surface area contributed by atoms with Gasteiger partial charge >= 0.3 is 6.18 Å². The summed E-state index contributed by atoms with van der Waals surface area (Å²) in [6.45, 7) is 1.65. The molecule has 80 valence electrons. The van der Waals surface area contributed by atoms with Gasteiger partial charge in [0.2, 0.25) is 0 Å². The highest BCUT2D eigenvalue weighted by atomic mass is 19.4. The maximum absolute atomic E-state index is 12.8. The third-order valence-corrected chi connectivity index (χ3v) is 3.82. The van der Waals surface area contributed by atoms with E-state index >= 15 is 0 Å². The second kappa shape index (κ2) is 3.01. The first-order valence-electron chi connectivity index (χ1n) is 5.24. The van der Waals surface area contributed by atoms with Crippen LogP contribution in [0.2, 0.25) is 0 Å². The molecule has 14 heavy (non-hydrogen) atoms. The van der Waals surface area contributed by atoms with E-state index in [1.54, 1.807) is 6.92 Å². The summed E-state index contributed by atoms with van der Waals surface area (Å²) in [5.74, 6) is -0.704. The van der Waals surface area contributed by atoms with Crippen LogP contribution in [0.15, 0.2) is 12.2 Å². The monoisotopic (exact) mass is 204 g/mol. The lowest BCUT2D eigenvalue weighted by Gasteiger charge is -2.34. The molecule has 3 unspecified atom stereocenters. The van der Waals surface area contributed by atoms with Crippen LogP contribution in [0.3, 0.4) is 0 Å². The molecule has 2 rings (SSSR count). The minimum absolute atomic E-state index is 0.209. The van der Waals surface area contributed by atoms with Crippen LogP contribution >= 0.6 is 0 Å². The molecule has 3 heteroatoms. The summed E-state index contributed by atoms with van der Waals surface area (Å²) >= 11 is 0. The quantitative estimate of drug-likeness (QED) is 0.598. The van der Waals surface area contributed by atoms with Gasteiger partial charge in [-0.05, 0) is 31.6 Å². The lowest BCUT2D eigenvalue weighted by molar-refractivity contribution is -0.200. The number of allylic oxidation sites excluding steroid dienone is 2. The van der Waals surface area contributed by atoms with E-state index in [0.29, 0.717) is 5.92 Å². The van der Waals surface area contributed by atoms with Crippen molar-refractivity contribution in [3.05, 3.63) is 12.2 Å². The predicted octanol–water partition coefficient (Wildman–Crippen LogP) is 3.93. The van der Waals surface area contributed by atoms with Gasteiger partial charge in [-0.1, -0.05) is 19.1 Å². The van der Waals surface area contributed by atoms with Gasteiger partial charge in [0.1, 0.15) is 0 Å². The van der Waals surface area contributed by atoms with Crippen LogP contribution < -0.4 is 0 Å². The average Bonchev–Trinajstić information content (AvgIpc) is 2.61. The summed E-state index contributed by atoms with van der Waals surface area (Å²) in [4.78, 5) is 0. The Hall–Kier alpha value is -0.470. The fourth-order valence-corrected chi connectivity index (χ4v) is 3.19. The van der Waals surface area contributed by atoms with E-state index in [1.807, 2.05) is 12.2 Å². The zero-order valence-corrected chi connectivity index (χ0v) is 8.27. The third kappa shape index (κ3) is 1.37. The summed E-state index contributed by atoms with van der Waals surface area (Å²) in [6, 6.07) is 0. The van der Waals surface area contributed by atoms with Crippen molar-refractivity contribution >= 4 is 0 Å². The van der Waals surface area contributed by atoms with Gasteiger partial charge in [0.05, 0.1) is 5.92 Å². The molecule has 2 aliphatic carbocycles. The van der Waals surface area contributed by atoms with Crippen molar-refractivity contribution in [3.63, 3.8) is 0 Å². The summed E-state index contributed by atoms with van der Waals surface area (Å²) in [5.41, 5.74) is -0.544. The molecule has 0 nitrogen and oxygen atoms in total. The van der Waals surface area contributed by atoms with E-state index in [4.69, 9.17) is 0 Å². The van der Waals surface area contributed by atoms with E-state index in [9.17, 15) is 13.2 Å². The van der Waals surface area contributed by atoms with Gasteiger partial charge in [0.25, 0.3) is 0 Å². The van der Waals surface area contributed by atoms with Gasteiger partial charge in [-0.3, -0.25) is 0 Å². The van der Waals surface area contributed by atoms with Gasteiger partial charge in [0, 0.05) is 5.41 Å². The van der Waals surface area contributed by atoms with Gasteiger partial charge in [-0.2, -0.15) is 13.2 Å². The van der Waals surface area contributed by atoms with Gasteiger partial charge in [-0.15, -0.1) is 0 Å². The zero-order chi connectivity index (χ0) is 10.4. The Kier molecular flexibility index (Phi) is 2.16. The van der Waals surface area contributed by atoms with Crippen molar-refractivity contribution in [1.82, 2.24) is 0 Å². The van der Waals surface area contributed by atoms with Crippen molar-refractivity contribution in [1.29, 1.82) is 0 Å². The first-order valence-corrected chi connectivity index (χ1v) is 5.24. The Bertz CT molecular complexity index is 254. The topological polar surface area (TPSA) is 0 Å². The van der Waals surface area contributed by atoms with Crippen molar-refractivity contribution in [2.45, 2.75) is 38.8 Å². The molecule has 0 amide bonds. The van der Waals surface area contributed by atoms with E-state index in [0.717, 1.165) is 19.3 Å². The van der Waals surface area contributed by atoms with Gasteiger partial charge < -0.3 is 0 Å².